The van der Waals surface area contributed by atoms with Gasteiger partial charge in [0.2, 0.25) is 5.91 Å². The summed E-state index contributed by atoms with van der Waals surface area (Å²) in [5.74, 6) is -0.466. The molecule has 0 radical (unpaired) electrons. The number of thiophene rings is 1. The van der Waals surface area contributed by atoms with E-state index in [4.69, 9.17) is 0 Å². The van der Waals surface area contributed by atoms with E-state index in [1.54, 1.807) is 29.6 Å². The van der Waals surface area contributed by atoms with Crippen LogP contribution in [0.2, 0.25) is 0 Å². The van der Waals surface area contributed by atoms with Crippen molar-refractivity contribution in [3.63, 3.8) is 0 Å². The Kier molecular flexibility index (Phi) is 6.32. The molecule has 1 atom stereocenters. The highest BCUT2D eigenvalue weighted by molar-refractivity contribution is 7.91. The second-order valence-corrected chi connectivity index (χ2v) is 11.6. The lowest BCUT2D eigenvalue weighted by molar-refractivity contribution is -0.122. The molecule has 1 aliphatic carbocycles. The fourth-order valence-corrected chi connectivity index (χ4v) is 7.48. The highest BCUT2D eigenvalue weighted by Gasteiger charge is 2.49. The quantitative estimate of drug-likeness (QED) is 0.594. The number of carbonyl (C=O) groups excluding carboxylic acids is 2. The van der Waals surface area contributed by atoms with Gasteiger partial charge >= 0.3 is 0 Å². The van der Waals surface area contributed by atoms with Gasteiger partial charge in [-0.3, -0.25) is 9.59 Å². The standard InChI is InChI=1S/C23H28N2O4S2/c1-16(2)17-10-12-18(13-11-17)24-21(26)15-20(23(24)27)25(19-7-4-3-5-8-19)31(28,29)22-9-6-14-30-22/h6,9-14,16,19-20H,3-5,7-8,15H2,1-2H3. The number of hydrogen-bond acceptors (Lipinski definition) is 5. The van der Waals surface area contributed by atoms with Crippen molar-refractivity contribution >= 4 is 38.9 Å². The van der Waals surface area contributed by atoms with Crippen molar-refractivity contribution in [2.45, 2.75) is 74.6 Å². The molecule has 0 bridgehead atoms. The third-order valence-electron chi connectivity index (χ3n) is 6.21. The van der Waals surface area contributed by atoms with Gasteiger partial charge < -0.3 is 0 Å². The Hall–Kier alpha value is -2.03. The lowest BCUT2D eigenvalue weighted by Gasteiger charge is -2.35. The Morgan fingerprint density at radius 3 is 2.29 bits per heavy atom. The highest BCUT2D eigenvalue weighted by Crippen LogP contribution is 2.36. The number of hydrogen-bond donors (Lipinski definition) is 0. The van der Waals surface area contributed by atoms with Crippen LogP contribution in [0.15, 0.2) is 46.0 Å². The average Bonchev–Trinajstić information content (AvgIpc) is 3.38. The summed E-state index contributed by atoms with van der Waals surface area (Å²) in [5, 5.41) is 1.72. The number of benzene rings is 1. The Morgan fingerprint density at radius 1 is 1.03 bits per heavy atom. The van der Waals surface area contributed by atoms with E-state index in [0.717, 1.165) is 41.1 Å². The Labute approximate surface area is 187 Å². The van der Waals surface area contributed by atoms with Gasteiger partial charge in [-0.2, -0.15) is 4.31 Å². The summed E-state index contributed by atoms with van der Waals surface area (Å²) >= 11 is 1.14. The van der Waals surface area contributed by atoms with Crippen molar-refractivity contribution < 1.29 is 18.0 Å². The molecule has 2 aliphatic rings. The second-order valence-electron chi connectivity index (χ2n) is 8.59. The number of anilines is 1. The van der Waals surface area contributed by atoms with E-state index in [1.807, 2.05) is 12.1 Å². The zero-order valence-electron chi connectivity index (χ0n) is 17.9. The number of imide groups is 1. The van der Waals surface area contributed by atoms with Gasteiger partial charge in [0, 0.05) is 6.04 Å². The van der Waals surface area contributed by atoms with Crippen molar-refractivity contribution in [1.29, 1.82) is 0 Å². The lowest BCUT2D eigenvalue weighted by Crippen LogP contribution is -2.51. The molecule has 2 amide bonds. The number of amides is 2. The monoisotopic (exact) mass is 460 g/mol. The van der Waals surface area contributed by atoms with Gasteiger partial charge in [-0.15, -0.1) is 11.3 Å². The van der Waals surface area contributed by atoms with Crippen molar-refractivity contribution in [2.75, 3.05) is 4.90 Å². The van der Waals surface area contributed by atoms with E-state index in [2.05, 4.69) is 13.8 Å². The fourth-order valence-electron chi connectivity index (χ4n) is 4.56. The van der Waals surface area contributed by atoms with Crippen LogP contribution in [0.5, 0.6) is 0 Å². The maximum absolute atomic E-state index is 13.5. The molecule has 2 aromatic rings. The van der Waals surface area contributed by atoms with E-state index < -0.39 is 22.0 Å². The molecule has 1 unspecified atom stereocenters. The summed E-state index contributed by atoms with van der Waals surface area (Å²) < 4.78 is 28.7. The largest absolute Gasteiger partial charge is 0.274 e. The summed E-state index contributed by atoms with van der Waals surface area (Å²) in [5.41, 5.74) is 1.61. The summed E-state index contributed by atoms with van der Waals surface area (Å²) in [6.45, 7) is 4.16. The first-order valence-corrected chi connectivity index (χ1v) is 13.2. The second kappa shape index (κ2) is 8.84. The number of nitrogens with zero attached hydrogens (tertiary/aromatic N) is 2. The molecule has 8 heteroatoms. The predicted molar refractivity (Wildman–Crippen MR) is 122 cm³/mol. The molecule has 0 N–H and O–H groups in total. The Morgan fingerprint density at radius 2 is 1.71 bits per heavy atom. The topological polar surface area (TPSA) is 74.8 Å². The van der Waals surface area contributed by atoms with Gasteiger partial charge in [0.1, 0.15) is 10.3 Å². The molecule has 166 valence electrons. The van der Waals surface area contributed by atoms with Crippen LogP contribution < -0.4 is 4.90 Å². The van der Waals surface area contributed by atoms with Crippen molar-refractivity contribution in [1.82, 2.24) is 4.31 Å². The maximum atomic E-state index is 13.5. The van der Waals surface area contributed by atoms with Gasteiger partial charge in [0.05, 0.1) is 12.1 Å². The minimum atomic E-state index is -3.87. The van der Waals surface area contributed by atoms with Gasteiger partial charge in [-0.05, 0) is 47.9 Å². The molecule has 1 saturated carbocycles. The predicted octanol–water partition coefficient (Wildman–Crippen LogP) is 4.53. The van der Waals surface area contributed by atoms with Crippen molar-refractivity contribution in [3.8, 4) is 0 Å². The zero-order chi connectivity index (χ0) is 22.2. The Balaban J connectivity index is 1.69. The van der Waals surface area contributed by atoms with Crippen LogP contribution in [0.4, 0.5) is 5.69 Å². The highest BCUT2D eigenvalue weighted by atomic mass is 32.2. The zero-order valence-corrected chi connectivity index (χ0v) is 19.5. The summed E-state index contributed by atoms with van der Waals surface area (Å²) in [6.07, 6.45) is 4.23. The number of carbonyl (C=O) groups is 2. The smallest absolute Gasteiger partial charge is 0.253 e. The van der Waals surface area contributed by atoms with Crippen LogP contribution in [0.3, 0.4) is 0 Å². The first kappa shape index (κ1) is 22.2. The fraction of sp³-hybridized carbons (Fsp3) is 0.478. The molecule has 1 aliphatic heterocycles. The maximum Gasteiger partial charge on any atom is 0.253 e. The third-order valence-corrected chi connectivity index (χ3v) is 9.54. The van der Waals surface area contributed by atoms with Crippen LogP contribution in [0.1, 0.15) is 63.9 Å². The first-order chi connectivity index (χ1) is 14.8. The van der Waals surface area contributed by atoms with E-state index in [9.17, 15) is 18.0 Å². The molecule has 4 rings (SSSR count). The van der Waals surface area contributed by atoms with Crippen molar-refractivity contribution in [3.05, 3.63) is 47.3 Å². The van der Waals surface area contributed by atoms with Gasteiger partial charge in [0.25, 0.3) is 15.9 Å². The average molecular weight is 461 g/mol. The molecule has 6 nitrogen and oxygen atoms in total. The molecular weight excluding hydrogens is 432 g/mol. The van der Waals surface area contributed by atoms with E-state index in [-0.39, 0.29) is 22.6 Å². The van der Waals surface area contributed by atoms with E-state index in [0.29, 0.717) is 24.4 Å². The Bertz CT molecular complexity index is 1040. The van der Waals surface area contributed by atoms with Gasteiger partial charge in [-0.25, -0.2) is 13.3 Å². The van der Waals surface area contributed by atoms with Crippen LogP contribution in [0, 0.1) is 0 Å². The minimum absolute atomic E-state index is 0.119. The minimum Gasteiger partial charge on any atom is -0.274 e. The first-order valence-electron chi connectivity index (χ1n) is 10.8. The lowest BCUT2D eigenvalue weighted by atomic mass is 9.94. The molecular formula is C23H28N2O4S2. The molecule has 1 aromatic carbocycles. The van der Waals surface area contributed by atoms with Crippen LogP contribution in [0.25, 0.3) is 0 Å². The SMILES string of the molecule is CC(C)c1ccc(N2C(=O)CC(N(C3CCCCC3)S(=O)(=O)c3cccs3)C2=O)cc1. The number of rotatable bonds is 6. The summed E-state index contributed by atoms with van der Waals surface area (Å²) in [4.78, 5) is 27.5. The van der Waals surface area contributed by atoms with E-state index in [1.165, 1.54) is 4.31 Å². The van der Waals surface area contributed by atoms with E-state index >= 15 is 0 Å². The van der Waals surface area contributed by atoms with Gasteiger partial charge in [0.15, 0.2) is 0 Å². The molecule has 31 heavy (non-hydrogen) atoms. The van der Waals surface area contributed by atoms with Crippen LogP contribution >= 0.6 is 11.3 Å². The molecule has 2 heterocycles. The van der Waals surface area contributed by atoms with Crippen LogP contribution in [-0.2, 0) is 19.6 Å². The molecule has 1 aromatic heterocycles. The van der Waals surface area contributed by atoms with Crippen LogP contribution in [-0.4, -0.2) is 36.6 Å². The normalized spacial score (nSPS) is 20.9. The summed E-state index contributed by atoms with van der Waals surface area (Å²) in [6, 6.07) is 9.38. The third kappa shape index (κ3) is 4.21. The summed E-state index contributed by atoms with van der Waals surface area (Å²) in [7, 11) is -3.87. The number of sulfonamides is 1. The van der Waals surface area contributed by atoms with Crippen molar-refractivity contribution in [2.24, 2.45) is 0 Å². The molecule has 2 fully saturated rings. The van der Waals surface area contributed by atoms with Gasteiger partial charge in [-0.1, -0.05) is 51.3 Å². The molecule has 0 spiro atoms. The molecule has 1 saturated heterocycles.